The molecule has 0 atom stereocenters. The highest BCUT2D eigenvalue weighted by Crippen LogP contribution is 2.36. The van der Waals surface area contributed by atoms with E-state index in [1.807, 2.05) is 13.0 Å². The Morgan fingerprint density at radius 3 is 2.79 bits per heavy atom. The van der Waals surface area contributed by atoms with Gasteiger partial charge in [0.25, 0.3) is 0 Å². The normalized spacial score (nSPS) is 18.0. The topological polar surface area (TPSA) is 138 Å². The third kappa shape index (κ3) is 3.68. The first-order valence-corrected chi connectivity index (χ1v) is 12.6. The van der Waals surface area contributed by atoms with E-state index in [4.69, 9.17) is 9.84 Å². The number of nitrogens with one attached hydrogen (secondary N) is 1. The minimum atomic E-state index is -3.49. The smallest absolute Gasteiger partial charge is 0.306 e. The van der Waals surface area contributed by atoms with E-state index in [-0.39, 0.29) is 17.5 Å². The zero-order valence-electron chi connectivity index (χ0n) is 18.6. The summed E-state index contributed by atoms with van der Waals surface area (Å²) in [5.41, 5.74) is 3.13. The number of aromatic nitrogens is 3. The van der Waals surface area contributed by atoms with Crippen molar-refractivity contribution >= 4 is 37.6 Å². The summed E-state index contributed by atoms with van der Waals surface area (Å²) in [6.07, 6.45) is 5.22. The average Bonchev–Trinajstić information content (AvgIpc) is 3.38. The van der Waals surface area contributed by atoms with Gasteiger partial charge in [-0.1, -0.05) is 0 Å². The Labute approximate surface area is 195 Å². The molecule has 0 unspecified atom stereocenters. The predicted octanol–water partition coefficient (Wildman–Crippen LogP) is 3.39. The molecule has 2 heterocycles. The number of hydrogen-bond donors (Lipinski definition) is 2. The van der Waals surface area contributed by atoms with Gasteiger partial charge < -0.3 is 14.8 Å². The Hall–Kier alpha value is -3.84. The lowest BCUT2D eigenvalue weighted by atomic mass is 9.82. The fourth-order valence-electron chi connectivity index (χ4n) is 4.52. The van der Waals surface area contributed by atoms with Gasteiger partial charge in [-0.05, 0) is 49.6 Å². The number of aryl methyl sites for hydroxylation is 1. The molecule has 4 aromatic rings. The molecule has 0 aliphatic heterocycles. The van der Waals surface area contributed by atoms with Gasteiger partial charge in [-0.25, -0.2) is 8.42 Å². The van der Waals surface area contributed by atoms with E-state index in [0.717, 1.165) is 21.9 Å². The minimum absolute atomic E-state index is 0.206. The van der Waals surface area contributed by atoms with Crippen molar-refractivity contribution in [2.45, 2.75) is 37.3 Å². The second kappa shape index (κ2) is 7.88. The number of carbonyl (C=O) groups is 1. The van der Waals surface area contributed by atoms with Gasteiger partial charge in [0.2, 0.25) is 0 Å². The van der Waals surface area contributed by atoms with Gasteiger partial charge in [-0.2, -0.15) is 10.4 Å². The number of aromatic amines is 1. The first kappa shape index (κ1) is 22.0. The van der Waals surface area contributed by atoms with Crippen molar-refractivity contribution in [1.82, 2.24) is 14.8 Å². The second-order valence-corrected chi connectivity index (χ2v) is 10.8. The summed E-state index contributed by atoms with van der Waals surface area (Å²) in [4.78, 5) is 14.5. The minimum Gasteiger partial charge on any atom is -0.487 e. The fraction of sp³-hybridized carbons (Fsp3) is 0.292. The monoisotopic (exact) mass is 478 g/mol. The maximum absolute atomic E-state index is 12.6. The van der Waals surface area contributed by atoms with E-state index in [9.17, 15) is 18.5 Å². The van der Waals surface area contributed by atoms with Crippen molar-refractivity contribution in [1.29, 1.82) is 5.26 Å². The van der Waals surface area contributed by atoms with Gasteiger partial charge in [0.15, 0.2) is 15.6 Å². The molecule has 0 saturated heterocycles. The molecule has 9 nitrogen and oxygen atoms in total. The van der Waals surface area contributed by atoms with Crippen LogP contribution in [0.3, 0.4) is 0 Å². The number of sulfone groups is 1. The van der Waals surface area contributed by atoms with Gasteiger partial charge in [-0.3, -0.25) is 9.48 Å². The molecule has 0 bridgehead atoms. The van der Waals surface area contributed by atoms with Crippen LogP contribution in [-0.4, -0.2) is 46.6 Å². The molecule has 1 saturated carbocycles. The van der Waals surface area contributed by atoms with Crippen LogP contribution >= 0.6 is 0 Å². The molecule has 2 aromatic carbocycles. The molecule has 1 aliphatic carbocycles. The van der Waals surface area contributed by atoms with Crippen LogP contribution in [0.15, 0.2) is 41.6 Å². The number of nitrogens with zero attached hydrogens (tertiary/aromatic N) is 3. The summed E-state index contributed by atoms with van der Waals surface area (Å²) < 4.78 is 32.8. The van der Waals surface area contributed by atoms with Crippen molar-refractivity contribution in [3.8, 4) is 11.8 Å². The number of aliphatic carboxylic acids is 1. The largest absolute Gasteiger partial charge is 0.487 e. The standard InChI is InChI=1S/C24H22N4O5S/c1-13-7-20(34(2,31)32)19(18-5-6-26-21(13)18)12-28-11-15-4-3-14(10-25)23(22(15)27-28)33-17-8-16(9-17)24(29)30/h3-7,11,16-17,26H,8-9,12H2,1-2H3,(H,29,30). The molecular formula is C24H22N4O5S. The molecule has 174 valence electrons. The Morgan fingerprint density at radius 2 is 2.12 bits per heavy atom. The summed E-state index contributed by atoms with van der Waals surface area (Å²) in [6, 6.07) is 9.06. The lowest BCUT2D eigenvalue weighted by Gasteiger charge is -2.32. The van der Waals surface area contributed by atoms with E-state index in [2.05, 4.69) is 16.2 Å². The second-order valence-electron chi connectivity index (χ2n) is 8.77. The molecule has 10 heteroatoms. The molecule has 1 fully saturated rings. The Balaban J connectivity index is 1.56. The average molecular weight is 479 g/mol. The Kier molecular flexibility index (Phi) is 5.10. The van der Waals surface area contributed by atoms with Crippen LogP contribution in [0.5, 0.6) is 5.75 Å². The first-order chi connectivity index (χ1) is 16.2. The van der Waals surface area contributed by atoms with Gasteiger partial charge in [0, 0.05) is 40.5 Å². The molecule has 0 spiro atoms. The molecule has 34 heavy (non-hydrogen) atoms. The van der Waals surface area contributed by atoms with Crippen LogP contribution < -0.4 is 4.74 Å². The Bertz CT molecular complexity index is 1600. The van der Waals surface area contributed by atoms with Crippen LogP contribution in [-0.2, 0) is 21.2 Å². The number of benzene rings is 2. The van der Waals surface area contributed by atoms with Gasteiger partial charge in [0.1, 0.15) is 17.7 Å². The van der Waals surface area contributed by atoms with Crippen molar-refractivity contribution in [3.05, 3.63) is 53.3 Å². The number of H-pyrrole nitrogens is 1. The maximum atomic E-state index is 12.6. The van der Waals surface area contributed by atoms with Gasteiger partial charge >= 0.3 is 5.97 Å². The van der Waals surface area contributed by atoms with E-state index in [1.165, 1.54) is 6.26 Å². The first-order valence-electron chi connectivity index (χ1n) is 10.7. The summed E-state index contributed by atoms with van der Waals surface area (Å²) in [5, 5.41) is 24.9. The summed E-state index contributed by atoms with van der Waals surface area (Å²) in [6.45, 7) is 2.07. The molecular weight excluding hydrogens is 456 g/mol. The van der Waals surface area contributed by atoms with Crippen LogP contribution in [0.4, 0.5) is 0 Å². The zero-order chi connectivity index (χ0) is 24.2. The quantitative estimate of drug-likeness (QED) is 0.433. The van der Waals surface area contributed by atoms with Crippen molar-refractivity contribution in [2.75, 3.05) is 6.26 Å². The van der Waals surface area contributed by atoms with Crippen LogP contribution in [0.1, 0.15) is 29.5 Å². The van der Waals surface area contributed by atoms with Gasteiger partial charge in [-0.15, -0.1) is 0 Å². The van der Waals surface area contributed by atoms with Crippen LogP contribution in [0.25, 0.3) is 21.8 Å². The number of carboxylic acid groups (broad SMARTS) is 1. The lowest BCUT2D eigenvalue weighted by molar-refractivity contribution is -0.147. The van der Waals surface area contributed by atoms with Crippen molar-refractivity contribution < 1.29 is 23.1 Å². The van der Waals surface area contributed by atoms with E-state index in [0.29, 0.717) is 35.2 Å². The maximum Gasteiger partial charge on any atom is 0.306 e. The summed E-state index contributed by atoms with van der Waals surface area (Å²) in [7, 11) is -3.49. The summed E-state index contributed by atoms with van der Waals surface area (Å²) >= 11 is 0. The third-order valence-corrected chi connectivity index (χ3v) is 7.52. The highest BCUT2D eigenvalue weighted by molar-refractivity contribution is 7.90. The fourth-order valence-corrected chi connectivity index (χ4v) is 5.53. The number of nitriles is 1. The molecule has 2 aromatic heterocycles. The molecule has 5 rings (SSSR count). The number of ether oxygens (including phenoxy) is 1. The highest BCUT2D eigenvalue weighted by Gasteiger charge is 2.37. The summed E-state index contributed by atoms with van der Waals surface area (Å²) in [5.74, 6) is -0.961. The highest BCUT2D eigenvalue weighted by atomic mass is 32.2. The molecule has 0 radical (unpaired) electrons. The number of carboxylic acids is 1. The van der Waals surface area contributed by atoms with Crippen LogP contribution in [0.2, 0.25) is 0 Å². The van der Waals surface area contributed by atoms with Crippen molar-refractivity contribution in [2.24, 2.45) is 5.92 Å². The SMILES string of the molecule is Cc1cc(S(C)(=O)=O)c(Cn2cc3ccc(C#N)c(OC4CC(C(=O)O)C4)c3n2)c2cc[nH]c12. The molecule has 2 N–H and O–H groups in total. The number of fused-ring (bicyclic) bond motifs is 2. The lowest BCUT2D eigenvalue weighted by Crippen LogP contribution is -2.38. The predicted molar refractivity (Wildman–Crippen MR) is 124 cm³/mol. The van der Waals surface area contributed by atoms with E-state index in [1.54, 1.807) is 35.3 Å². The van der Waals surface area contributed by atoms with E-state index >= 15 is 0 Å². The number of hydrogen-bond acceptors (Lipinski definition) is 6. The number of rotatable bonds is 6. The third-order valence-electron chi connectivity index (χ3n) is 6.36. The molecule has 1 aliphatic rings. The zero-order valence-corrected chi connectivity index (χ0v) is 19.4. The van der Waals surface area contributed by atoms with E-state index < -0.39 is 21.7 Å². The van der Waals surface area contributed by atoms with Crippen LogP contribution in [0, 0.1) is 24.2 Å². The van der Waals surface area contributed by atoms with Gasteiger partial charge in [0.05, 0.1) is 22.9 Å². The molecule has 0 amide bonds. The Morgan fingerprint density at radius 1 is 1.35 bits per heavy atom. The van der Waals surface area contributed by atoms with Crippen molar-refractivity contribution in [3.63, 3.8) is 0 Å².